The molecule has 29 heavy (non-hydrogen) atoms. The summed E-state index contributed by atoms with van der Waals surface area (Å²) in [5.41, 5.74) is 1.40. The molecule has 3 rings (SSSR count). The Hall–Kier alpha value is -2.60. The Morgan fingerprint density at radius 1 is 0.793 bits per heavy atom. The van der Waals surface area contributed by atoms with E-state index in [2.05, 4.69) is 5.32 Å². The van der Waals surface area contributed by atoms with E-state index >= 15 is 8.78 Å². The maximum atomic E-state index is 15.6. The van der Waals surface area contributed by atoms with Gasteiger partial charge in [-0.05, 0) is 16.7 Å². The van der Waals surface area contributed by atoms with Gasteiger partial charge in [0.2, 0.25) is 0 Å². The SMILES string of the molecule is COC[C@H](N[C@H](c1ccccc1)C(F)(F)[C@H](O)c1ccccc1)c1ccccc1. The molecule has 5 heteroatoms. The molecular formula is C24H25F2NO2. The molecule has 0 unspecified atom stereocenters. The van der Waals surface area contributed by atoms with Gasteiger partial charge >= 0.3 is 0 Å². The second-order valence-corrected chi connectivity index (χ2v) is 6.92. The van der Waals surface area contributed by atoms with Crippen molar-refractivity contribution in [2.75, 3.05) is 13.7 Å². The standard InChI is InChI=1S/C24H25F2NO2/c1-29-17-21(18-11-5-2-6-12-18)27-22(19-13-7-3-8-14-19)24(25,26)23(28)20-15-9-4-10-16-20/h2-16,21-23,27-28H,17H2,1H3/t21-,22+,23+/m0/s1. The number of aliphatic hydroxyl groups is 1. The first-order valence-corrected chi connectivity index (χ1v) is 9.49. The van der Waals surface area contributed by atoms with E-state index in [0.717, 1.165) is 5.56 Å². The molecule has 0 fully saturated rings. The highest BCUT2D eigenvalue weighted by molar-refractivity contribution is 5.27. The van der Waals surface area contributed by atoms with Gasteiger partial charge in [-0.25, -0.2) is 8.78 Å². The zero-order valence-corrected chi connectivity index (χ0v) is 16.2. The Balaban J connectivity index is 1.98. The molecule has 0 aliphatic rings. The average molecular weight is 397 g/mol. The van der Waals surface area contributed by atoms with E-state index in [9.17, 15) is 5.11 Å². The molecule has 3 nitrogen and oxygen atoms in total. The molecule has 0 radical (unpaired) electrons. The van der Waals surface area contributed by atoms with Crippen molar-refractivity contribution in [1.29, 1.82) is 0 Å². The van der Waals surface area contributed by atoms with Gasteiger partial charge in [0.15, 0.2) is 0 Å². The van der Waals surface area contributed by atoms with Crippen LogP contribution in [0, 0.1) is 0 Å². The van der Waals surface area contributed by atoms with E-state index in [4.69, 9.17) is 4.74 Å². The molecule has 0 saturated carbocycles. The number of ether oxygens (including phenoxy) is 1. The molecular weight excluding hydrogens is 372 g/mol. The number of nitrogens with one attached hydrogen (secondary N) is 1. The lowest BCUT2D eigenvalue weighted by Gasteiger charge is -2.35. The molecule has 0 aromatic heterocycles. The van der Waals surface area contributed by atoms with E-state index in [1.54, 1.807) is 48.5 Å². The fourth-order valence-electron chi connectivity index (χ4n) is 3.38. The fraction of sp³-hybridized carbons (Fsp3) is 0.250. The van der Waals surface area contributed by atoms with Gasteiger partial charge in [0.25, 0.3) is 5.92 Å². The van der Waals surface area contributed by atoms with E-state index in [-0.39, 0.29) is 12.2 Å². The molecule has 2 N–H and O–H groups in total. The number of halogens is 2. The Labute approximate surface area is 170 Å². The highest BCUT2D eigenvalue weighted by Crippen LogP contribution is 2.42. The van der Waals surface area contributed by atoms with Gasteiger partial charge in [0, 0.05) is 7.11 Å². The summed E-state index contributed by atoms with van der Waals surface area (Å²) in [5.74, 6) is -3.47. The van der Waals surface area contributed by atoms with Gasteiger partial charge in [-0.15, -0.1) is 0 Å². The van der Waals surface area contributed by atoms with Gasteiger partial charge < -0.3 is 9.84 Å². The van der Waals surface area contributed by atoms with Gasteiger partial charge in [-0.2, -0.15) is 0 Å². The summed E-state index contributed by atoms with van der Waals surface area (Å²) in [6.07, 6.45) is -1.96. The van der Waals surface area contributed by atoms with E-state index in [1.807, 2.05) is 30.3 Å². The third kappa shape index (κ3) is 5.07. The van der Waals surface area contributed by atoms with Crippen molar-refractivity contribution in [2.45, 2.75) is 24.1 Å². The van der Waals surface area contributed by atoms with Crippen molar-refractivity contribution in [3.8, 4) is 0 Å². The van der Waals surface area contributed by atoms with Crippen molar-refractivity contribution in [1.82, 2.24) is 5.32 Å². The summed E-state index contributed by atoms with van der Waals surface area (Å²) in [7, 11) is 1.53. The lowest BCUT2D eigenvalue weighted by atomic mass is 9.91. The normalized spacial score (nSPS) is 14.9. The Morgan fingerprint density at radius 2 is 1.24 bits per heavy atom. The molecule has 3 aromatic carbocycles. The minimum Gasteiger partial charge on any atom is -0.383 e. The number of aliphatic hydroxyl groups excluding tert-OH is 1. The van der Waals surface area contributed by atoms with Crippen LogP contribution in [0.3, 0.4) is 0 Å². The summed E-state index contributed by atoms with van der Waals surface area (Å²) in [6, 6.07) is 23.9. The first-order chi connectivity index (χ1) is 14.0. The second-order valence-electron chi connectivity index (χ2n) is 6.92. The van der Waals surface area contributed by atoms with Gasteiger partial charge in [0.1, 0.15) is 12.1 Å². The van der Waals surface area contributed by atoms with Crippen LogP contribution in [0.5, 0.6) is 0 Å². The third-order valence-electron chi connectivity index (χ3n) is 4.90. The Morgan fingerprint density at radius 3 is 1.72 bits per heavy atom. The van der Waals surface area contributed by atoms with E-state index < -0.39 is 24.1 Å². The topological polar surface area (TPSA) is 41.5 Å². The lowest BCUT2D eigenvalue weighted by Crippen LogP contribution is -2.44. The number of benzene rings is 3. The molecule has 0 aliphatic carbocycles. The quantitative estimate of drug-likeness (QED) is 0.529. The van der Waals surface area contributed by atoms with Crippen molar-refractivity contribution < 1.29 is 18.6 Å². The molecule has 0 amide bonds. The van der Waals surface area contributed by atoms with Crippen LogP contribution in [0.1, 0.15) is 34.9 Å². The van der Waals surface area contributed by atoms with Crippen molar-refractivity contribution >= 4 is 0 Å². The van der Waals surface area contributed by atoms with Crippen LogP contribution in [0.2, 0.25) is 0 Å². The predicted octanol–water partition coefficient (Wildman–Crippen LogP) is 5.07. The molecule has 3 atom stereocenters. The van der Waals surface area contributed by atoms with Gasteiger partial charge in [0.05, 0.1) is 12.6 Å². The number of methoxy groups -OCH3 is 1. The van der Waals surface area contributed by atoms with Crippen molar-refractivity contribution in [3.05, 3.63) is 108 Å². The summed E-state index contributed by atoms with van der Waals surface area (Å²) in [4.78, 5) is 0. The number of rotatable bonds is 9. The molecule has 0 heterocycles. The zero-order chi connectivity index (χ0) is 20.7. The van der Waals surface area contributed by atoms with Crippen LogP contribution in [0.4, 0.5) is 8.78 Å². The molecule has 0 saturated heterocycles. The summed E-state index contributed by atoms with van der Waals surface area (Å²) >= 11 is 0. The lowest BCUT2D eigenvalue weighted by molar-refractivity contribution is -0.139. The summed E-state index contributed by atoms with van der Waals surface area (Å²) in [5, 5.41) is 13.6. The largest absolute Gasteiger partial charge is 0.383 e. The third-order valence-corrected chi connectivity index (χ3v) is 4.90. The predicted molar refractivity (Wildman–Crippen MR) is 110 cm³/mol. The molecule has 3 aromatic rings. The monoisotopic (exact) mass is 397 g/mol. The number of hydrogen-bond acceptors (Lipinski definition) is 3. The van der Waals surface area contributed by atoms with Crippen LogP contribution in [0.25, 0.3) is 0 Å². The average Bonchev–Trinajstić information content (AvgIpc) is 2.77. The highest BCUT2D eigenvalue weighted by Gasteiger charge is 2.48. The fourth-order valence-corrected chi connectivity index (χ4v) is 3.38. The molecule has 0 aliphatic heterocycles. The smallest absolute Gasteiger partial charge is 0.296 e. The van der Waals surface area contributed by atoms with Crippen molar-refractivity contribution in [2.24, 2.45) is 0 Å². The van der Waals surface area contributed by atoms with Gasteiger partial charge in [-0.3, -0.25) is 5.32 Å². The van der Waals surface area contributed by atoms with Crippen molar-refractivity contribution in [3.63, 3.8) is 0 Å². The minimum absolute atomic E-state index is 0.170. The first-order valence-electron chi connectivity index (χ1n) is 9.49. The van der Waals surface area contributed by atoms with Gasteiger partial charge in [-0.1, -0.05) is 91.0 Å². The highest BCUT2D eigenvalue weighted by atomic mass is 19.3. The Bertz CT molecular complexity index is 860. The zero-order valence-electron chi connectivity index (χ0n) is 16.2. The number of alkyl halides is 2. The molecule has 0 spiro atoms. The maximum absolute atomic E-state index is 15.6. The van der Waals surface area contributed by atoms with E-state index in [1.165, 1.54) is 19.2 Å². The Kier molecular flexibility index (Phi) is 7.09. The second kappa shape index (κ2) is 9.74. The number of hydrogen-bond donors (Lipinski definition) is 2. The molecule has 0 bridgehead atoms. The summed E-state index contributed by atoms with van der Waals surface area (Å²) < 4.78 is 36.5. The van der Waals surface area contributed by atoms with E-state index in [0.29, 0.717) is 5.56 Å². The maximum Gasteiger partial charge on any atom is 0.296 e. The summed E-state index contributed by atoms with van der Waals surface area (Å²) in [6.45, 7) is 0.213. The van der Waals surface area contributed by atoms with Crippen LogP contribution in [0.15, 0.2) is 91.0 Å². The van der Waals surface area contributed by atoms with Crippen LogP contribution in [-0.2, 0) is 4.74 Å². The van der Waals surface area contributed by atoms with Crippen LogP contribution < -0.4 is 5.32 Å². The molecule has 152 valence electrons. The van der Waals surface area contributed by atoms with Crippen LogP contribution in [-0.4, -0.2) is 24.7 Å². The van der Waals surface area contributed by atoms with Crippen LogP contribution >= 0.6 is 0 Å². The minimum atomic E-state index is -3.47. The first kappa shape index (κ1) is 21.1.